The summed E-state index contributed by atoms with van der Waals surface area (Å²) in [5, 5.41) is 0. The third-order valence-corrected chi connectivity index (χ3v) is 8.49. The van der Waals surface area contributed by atoms with Crippen LogP contribution in [0.2, 0.25) is 0 Å². The Labute approximate surface area is 201 Å². The smallest absolute Gasteiger partial charge is 0.0369 e. The Balaban J connectivity index is 2.00. The van der Waals surface area contributed by atoms with Crippen molar-refractivity contribution in [1.29, 1.82) is 0 Å². The highest BCUT2D eigenvalue weighted by atomic mass is 32.1. The van der Waals surface area contributed by atoms with Crippen LogP contribution in [0.15, 0.2) is 78.4 Å². The quantitative estimate of drug-likeness (QED) is 0.375. The summed E-state index contributed by atoms with van der Waals surface area (Å²) in [7, 11) is 0. The molecule has 0 unspecified atom stereocenters. The van der Waals surface area contributed by atoms with Crippen LogP contribution in [-0.2, 0) is 5.41 Å². The highest BCUT2D eigenvalue weighted by Gasteiger charge is 2.23. The van der Waals surface area contributed by atoms with Crippen molar-refractivity contribution in [2.45, 2.75) is 59.8 Å². The van der Waals surface area contributed by atoms with Gasteiger partial charge in [0.25, 0.3) is 0 Å². The molecule has 32 heavy (non-hydrogen) atoms. The molecular formula is C30H34S2. The van der Waals surface area contributed by atoms with Crippen LogP contribution in [0, 0.1) is 5.41 Å². The second-order valence-corrected chi connectivity index (χ2v) is 12.8. The van der Waals surface area contributed by atoms with Crippen LogP contribution < -0.4 is 9.06 Å². The van der Waals surface area contributed by atoms with E-state index in [2.05, 4.69) is 114 Å². The molecule has 0 fully saturated rings. The molecule has 4 rings (SSSR count). The van der Waals surface area contributed by atoms with E-state index in [-0.39, 0.29) is 10.8 Å². The van der Waals surface area contributed by atoms with Gasteiger partial charge in [0.1, 0.15) is 0 Å². The predicted molar refractivity (Wildman–Crippen MR) is 144 cm³/mol. The van der Waals surface area contributed by atoms with Crippen LogP contribution in [0.3, 0.4) is 0 Å². The Morgan fingerprint density at radius 1 is 0.781 bits per heavy atom. The summed E-state index contributed by atoms with van der Waals surface area (Å²) in [6.07, 6.45) is 9.08. The molecule has 2 heterocycles. The fourth-order valence-corrected chi connectivity index (χ4v) is 6.90. The molecule has 0 atom stereocenters. The van der Waals surface area contributed by atoms with E-state index in [4.69, 9.17) is 0 Å². The maximum absolute atomic E-state index is 2.35. The highest BCUT2D eigenvalue weighted by molar-refractivity contribution is 7.13. The molecule has 0 saturated heterocycles. The second-order valence-electron chi connectivity index (χ2n) is 10.6. The molecule has 0 nitrogen and oxygen atoms in total. The van der Waals surface area contributed by atoms with Crippen LogP contribution in [-0.4, -0.2) is 0 Å². The van der Waals surface area contributed by atoms with Gasteiger partial charge in [0.2, 0.25) is 0 Å². The van der Waals surface area contributed by atoms with Gasteiger partial charge >= 0.3 is 0 Å². The summed E-state index contributed by atoms with van der Waals surface area (Å²) in [4.78, 5) is 2.78. The molecule has 2 heteroatoms. The zero-order valence-electron chi connectivity index (χ0n) is 20.2. The van der Waals surface area contributed by atoms with Crippen molar-refractivity contribution in [3.63, 3.8) is 0 Å². The molecule has 0 amide bonds. The largest absolute Gasteiger partial charge is 0.140 e. The van der Waals surface area contributed by atoms with Gasteiger partial charge in [-0.1, -0.05) is 90.1 Å². The van der Waals surface area contributed by atoms with Crippen LogP contribution in [0.1, 0.15) is 69.7 Å². The third kappa shape index (κ3) is 4.92. The lowest BCUT2D eigenvalue weighted by Crippen LogP contribution is -2.18. The molecule has 2 aromatic heterocycles. The van der Waals surface area contributed by atoms with Gasteiger partial charge < -0.3 is 0 Å². The van der Waals surface area contributed by atoms with E-state index in [0.29, 0.717) is 0 Å². The number of allylic oxidation sites excluding steroid dienone is 4. The summed E-state index contributed by atoms with van der Waals surface area (Å²) < 4.78 is 2.75. The molecule has 0 N–H and O–H groups in total. The van der Waals surface area contributed by atoms with Gasteiger partial charge in [-0.05, 0) is 64.6 Å². The van der Waals surface area contributed by atoms with Crippen LogP contribution in [0.25, 0.3) is 11.1 Å². The summed E-state index contributed by atoms with van der Waals surface area (Å²) in [6, 6.07) is 20.2. The molecule has 166 valence electrons. The molecule has 0 aliphatic heterocycles. The van der Waals surface area contributed by atoms with Gasteiger partial charge in [-0.3, -0.25) is 0 Å². The third-order valence-electron chi connectivity index (χ3n) is 5.84. The molecule has 0 spiro atoms. The first-order valence-corrected chi connectivity index (χ1v) is 13.1. The Kier molecular flexibility index (Phi) is 6.47. The number of thiophene rings is 2. The maximum atomic E-state index is 2.35. The van der Waals surface area contributed by atoms with E-state index in [1.807, 2.05) is 22.7 Å². The molecule has 0 radical (unpaired) electrons. The number of hydrogen-bond donors (Lipinski definition) is 0. The van der Waals surface area contributed by atoms with Gasteiger partial charge in [-0.25, -0.2) is 0 Å². The van der Waals surface area contributed by atoms with Gasteiger partial charge in [-0.2, -0.15) is 0 Å². The average molecular weight is 459 g/mol. The van der Waals surface area contributed by atoms with Crippen molar-refractivity contribution in [2.24, 2.45) is 5.41 Å². The number of benzene rings is 1. The van der Waals surface area contributed by atoms with E-state index in [1.165, 1.54) is 41.1 Å². The molecular weight excluding hydrogens is 424 g/mol. The van der Waals surface area contributed by atoms with Gasteiger partial charge in [0.15, 0.2) is 0 Å². The zero-order valence-corrected chi connectivity index (χ0v) is 21.8. The Hall–Kier alpha value is -2.16. The van der Waals surface area contributed by atoms with E-state index < -0.39 is 0 Å². The lowest BCUT2D eigenvalue weighted by atomic mass is 9.79. The van der Waals surface area contributed by atoms with Crippen molar-refractivity contribution in [3.05, 3.63) is 103 Å². The minimum Gasteiger partial charge on any atom is -0.140 e. The van der Waals surface area contributed by atoms with Crippen molar-refractivity contribution >= 4 is 33.8 Å². The SMILES string of the molecule is CC(C)(C)C(C1=CC=CCC1)=c1ccc(=C(c2ccccc2)c2ccc(C(C)(C)C)s2)s1. The van der Waals surface area contributed by atoms with E-state index in [0.717, 1.165) is 12.8 Å². The Morgan fingerprint density at radius 3 is 2.09 bits per heavy atom. The summed E-state index contributed by atoms with van der Waals surface area (Å²) >= 11 is 3.87. The monoisotopic (exact) mass is 458 g/mol. The highest BCUT2D eigenvalue weighted by Crippen LogP contribution is 2.36. The Morgan fingerprint density at radius 2 is 1.50 bits per heavy atom. The molecule has 0 saturated carbocycles. The second kappa shape index (κ2) is 9.00. The first kappa shape index (κ1) is 23.0. The van der Waals surface area contributed by atoms with Crippen molar-refractivity contribution in [1.82, 2.24) is 0 Å². The van der Waals surface area contributed by atoms with Crippen LogP contribution in [0.4, 0.5) is 0 Å². The molecule has 1 aliphatic carbocycles. The zero-order chi connectivity index (χ0) is 22.9. The molecule has 3 aromatic rings. The number of rotatable bonds is 3. The van der Waals surface area contributed by atoms with E-state index >= 15 is 0 Å². The fourth-order valence-electron chi connectivity index (χ4n) is 4.31. The average Bonchev–Trinajstić information content (AvgIpc) is 3.40. The van der Waals surface area contributed by atoms with Crippen LogP contribution >= 0.6 is 22.7 Å². The molecule has 0 bridgehead atoms. The lowest BCUT2D eigenvalue weighted by Gasteiger charge is -2.26. The topological polar surface area (TPSA) is 0 Å². The lowest BCUT2D eigenvalue weighted by molar-refractivity contribution is 0.560. The minimum absolute atomic E-state index is 0.106. The van der Waals surface area contributed by atoms with Gasteiger partial charge in [0.05, 0.1) is 0 Å². The van der Waals surface area contributed by atoms with Crippen LogP contribution in [0.5, 0.6) is 0 Å². The Bertz CT molecular complexity index is 1260. The van der Waals surface area contributed by atoms with Crippen molar-refractivity contribution < 1.29 is 0 Å². The number of hydrogen-bond acceptors (Lipinski definition) is 2. The molecule has 1 aliphatic rings. The first-order valence-electron chi connectivity index (χ1n) is 11.5. The summed E-state index contributed by atoms with van der Waals surface area (Å²) in [5.41, 5.74) is 5.90. The van der Waals surface area contributed by atoms with Crippen molar-refractivity contribution in [2.75, 3.05) is 0 Å². The van der Waals surface area contributed by atoms with E-state index in [9.17, 15) is 0 Å². The summed E-state index contributed by atoms with van der Waals surface area (Å²) in [5.74, 6) is 0. The fraction of sp³-hybridized carbons (Fsp3) is 0.333. The van der Waals surface area contributed by atoms with Crippen molar-refractivity contribution in [3.8, 4) is 0 Å². The standard InChI is InChI=1S/C30H34S2/c1-29(2,3)26-20-19-24(32-26)27(21-13-9-7-10-14-21)23-17-18-25(31-23)28(30(4,5)6)22-15-11-8-12-16-22/h7-11,13-15,17-20H,12,16H2,1-6H3. The normalized spacial score (nSPS) is 16.6. The van der Waals surface area contributed by atoms with Gasteiger partial charge in [-0.15, -0.1) is 22.7 Å². The van der Waals surface area contributed by atoms with Gasteiger partial charge in [0, 0.05) is 24.4 Å². The minimum atomic E-state index is 0.106. The molecule has 1 aromatic carbocycles. The predicted octanol–water partition coefficient (Wildman–Crippen LogP) is 7.83. The van der Waals surface area contributed by atoms with E-state index in [1.54, 1.807) is 0 Å². The maximum Gasteiger partial charge on any atom is 0.0369 e. The summed E-state index contributed by atoms with van der Waals surface area (Å²) in [6.45, 7) is 13.9. The first-order chi connectivity index (χ1) is 15.1.